The number of hydrogen-bond donors (Lipinski definition) is 1. The highest BCUT2D eigenvalue weighted by atomic mass is 16.1. The van der Waals surface area contributed by atoms with Crippen LogP contribution in [0.2, 0.25) is 0 Å². The molecule has 0 unspecified atom stereocenters. The van der Waals surface area contributed by atoms with Gasteiger partial charge in [0, 0.05) is 24.0 Å². The van der Waals surface area contributed by atoms with Gasteiger partial charge in [-0.05, 0) is 43.7 Å². The van der Waals surface area contributed by atoms with Gasteiger partial charge in [0.15, 0.2) is 0 Å². The molecule has 0 aliphatic heterocycles. The Morgan fingerprint density at radius 3 is 2.67 bits per heavy atom. The molecule has 1 aromatic heterocycles. The molecule has 1 atom stereocenters. The van der Waals surface area contributed by atoms with Crippen LogP contribution in [-0.4, -0.2) is 21.7 Å². The van der Waals surface area contributed by atoms with Crippen LogP contribution in [0.25, 0.3) is 5.69 Å². The fraction of sp³-hybridized carbons (Fsp3) is 0.286. The van der Waals surface area contributed by atoms with E-state index in [0.29, 0.717) is 5.56 Å². The third kappa shape index (κ3) is 2.77. The lowest BCUT2D eigenvalue weighted by atomic mass is 10.1. The van der Waals surface area contributed by atoms with Crippen LogP contribution in [0.1, 0.15) is 30.6 Å². The lowest BCUT2D eigenvalue weighted by Crippen LogP contribution is -2.31. The van der Waals surface area contributed by atoms with Crippen LogP contribution in [0.4, 0.5) is 0 Å². The minimum Gasteiger partial charge on any atom is -0.350 e. The Labute approximate surface area is 107 Å². The van der Waals surface area contributed by atoms with Crippen LogP contribution in [0.3, 0.4) is 0 Å². The molecule has 18 heavy (non-hydrogen) atoms. The molecule has 0 fully saturated rings. The van der Waals surface area contributed by atoms with Crippen molar-refractivity contribution < 1.29 is 4.79 Å². The quantitative estimate of drug-likeness (QED) is 0.896. The predicted octanol–water partition coefficient (Wildman–Crippen LogP) is 2.40. The molecule has 2 aromatic rings. The smallest absolute Gasteiger partial charge is 0.251 e. The Hall–Kier alpha value is -2.10. The molecule has 0 aliphatic carbocycles. The Morgan fingerprint density at radius 2 is 2.11 bits per heavy atom. The van der Waals surface area contributed by atoms with Crippen molar-refractivity contribution in [3.05, 3.63) is 48.3 Å². The molecular weight excluding hydrogens is 226 g/mol. The average molecular weight is 243 g/mol. The van der Waals surface area contributed by atoms with Gasteiger partial charge in [-0.15, -0.1) is 0 Å². The van der Waals surface area contributed by atoms with E-state index in [1.54, 1.807) is 10.9 Å². The van der Waals surface area contributed by atoms with Gasteiger partial charge in [0.1, 0.15) is 0 Å². The maximum absolute atomic E-state index is 11.9. The first-order chi connectivity index (χ1) is 8.70. The number of hydrogen-bond acceptors (Lipinski definition) is 2. The summed E-state index contributed by atoms with van der Waals surface area (Å²) in [5, 5.41) is 7.08. The van der Waals surface area contributed by atoms with E-state index in [9.17, 15) is 4.79 Å². The molecule has 1 aromatic carbocycles. The maximum atomic E-state index is 11.9. The molecule has 0 radical (unpaired) electrons. The normalized spacial score (nSPS) is 12.1. The standard InChI is InChI=1S/C14H17N3O/c1-3-11(2)16-14(18)12-5-7-13(8-6-12)17-10-4-9-15-17/h4-11H,3H2,1-2H3,(H,16,18)/t11-/m0/s1. The summed E-state index contributed by atoms with van der Waals surface area (Å²) in [4.78, 5) is 11.9. The maximum Gasteiger partial charge on any atom is 0.251 e. The number of benzene rings is 1. The number of rotatable bonds is 4. The minimum absolute atomic E-state index is 0.0311. The lowest BCUT2D eigenvalue weighted by Gasteiger charge is -2.11. The second-order valence-electron chi connectivity index (χ2n) is 4.28. The van der Waals surface area contributed by atoms with E-state index in [1.165, 1.54) is 0 Å². The minimum atomic E-state index is -0.0311. The van der Waals surface area contributed by atoms with Crippen LogP contribution < -0.4 is 5.32 Å². The van der Waals surface area contributed by atoms with Gasteiger partial charge in [-0.2, -0.15) is 5.10 Å². The molecule has 4 heteroatoms. The summed E-state index contributed by atoms with van der Waals surface area (Å²) >= 11 is 0. The molecule has 0 bridgehead atoms. The van der Waals surface area contributed by atoms with Crippen LogP contribution in [0.5, 0.6) is 0 Å². The first-order valence-corrected chi connectivity index (χ1v) is 6.11. The largest absolute Gasteiger partial charge is 0.350 e. The van der Waals surface area contributed by atoms with Gasteiger partial charge in [-0.3, -0.25) is 4.79 Å². The highest BCUT2D eigenvalue weighted by Gasteiger charge is 2.08. The van der Waals surface area contributed by atoms with E-state index in [2.05, 4.69) is 10.4 Å². The monoisotopic (exact) mass is 243 g/mol. The number of carbonyl (C=O) groups excluding carboxylic acids is 1. The molecule has 0 saturated carbocycles. The van der Waals surface area contributed by atoms with E-state index < -0.39 is 0 Å². The van der Waals surface area contributed by atoms with E-state index in [-0.39, 0.29) is 11.9 Å². The molecule has 0 aliphatic rings. The summed E-state index contributed by atoms with van der Waals surface area (Å²) in [5.41, 5.74) is 1.62. The highest BCUT2D eigenvalue weighted by molar-refractivity contribution is 5.94. The van der Waals surface area contributed by atoms with Crippen molar-refractivity contribution in [1.82, 2.24) is 15.1 Å². The predicted molar refractivity (Wildman–Crippen MR) is 70.8 cm³/mol. The third-order valence-corrected chi connectivity index (χ3v) is 2.89. The number of nitrogens with one attached hydrogen (secondary N) is 1. The average Bonchev–Trinajstić information content (AvgIpc) is 2.92. The van der Waals surface area contributed by atoms with Crippen LogP contribution in [-0.2, 0) is 0 Å². The molecule has 2 rings (SSSR count). The SMILES string of the molecule is CC[C@H](C)NC(=O)c1ccc(-n2cccn2)cc1. The molecular formula is C14H17N3O. The number of amides is 1. The van der Waals surface area contributed by atoms with E-state index >= 15 is 0 Å². The topological polar surface area (TPSA) is 46.9 Å². The number of carbonyl (C=O) groups is 1. The summed E-state index contributed by atoms with van der Waals surface area (Å²) in [5.74, 6) is -0.0311. The fourth-order valence-corrected chi connectivity index (χ4v) is 1.60. The van der Waals surface area contributed by atoms with Crippen LogP contribution in [0.15, 0.2) is 42.7 Å². The van der Waals surface area contributed by atoms with Crippen molar-refractivity contribution in [3.8, 4) is 5.69 Å². The lowest BCUT2D eigenvalue weighted by molar-refractivity contribution is 0.0939. The van der Waals surface area contributed by atoms with Crippen molar-refractivity contribution in [2.75, 3.05) is 0 Å². The second-order valence-corrected chi connectivity index (χ2v) is 4.28. The van der Waals surface area contributed by atoms with Gasteiger partial charge in [-0.25, -0.2) is 4.68 Å². The summed E-state index contributed by atoms with van der Waals surface area (Å²) in [6.07, 6.45) is 4.52. The van der Waals surface area contributed by atoms with Crippen molar-refractivity contribution in [2.45, 2.75) is 26.3 Å². The zero-order chi connectivity index (χ0) is 13.0. The van der Waals surface area contributed by atoms with Crippen LogP contribution in [0, 0.1) is 0 Å². The molecule has 0 spiro atoms. The van der Waals surface area contributed by atoms with E-state index in [0.717, 1.165) is 12.1 Å². The zero-order valence-corrected chi connectivity index (χ0v) is 10.6. The van der Waals surface area contributed by atoms with E-state index in [4.69, 9.17) is 0 Å². The van der Waals surface area contributed by atoms with Gasteiger partial charge in [0.25, 0.3) is 5.91 Å². The van der Waals surface area contributed by atoms with Gasteiger partial charge in [0.05, 0.1) is 5.69 Å². The molecule has 1 amide bonds. The molecule has 1 N–H and O–H groups in total. The Bertz CT molecular complexity index is 502. The first-order valence-electron chi connectivity index (χ1n) is 6.11. The first kappa shape index (κ1) is 12.4. The van der Waals surface area contributed by atoms with Crippen LogP contribution >= 0.6 is 0 Å². The summed E-state index contributed by atoms with van der Waals surface area (Å²) in [6, 6.07) is 9.47. The summed E-state index contributed by atoms with van der Waals surface area (Å²) in [6.45, 7) is 4.04. The van der Waals surface area contributed by atoms with Crippen molar-refractivity contribution in [2.24, 2.45) is 0 Å². The Morgan fingerprint density at radius 1 is 1.39 bits per heavy atom. The van der Waals surface area contributed by atoms with Crippen molar-refractivity contribution >= 4 is 5.91 Å². The van der Waals surface area contributed by atoms with Gasteiger partial charge in [0.2, 0.25) is 0 Å². The summed E-state index contributed by atoms with van der Waals surface area (Å²) in [7, 11) is 0. The molecule has 4 nitrogen and oxygen atoms in total. The molecule has 94 valence electrons. The highest BCUT2D eigenvalue weighted by Crippen LogP contribution is 2.08. The van der Waals surface area contributed by atoms with Gasteiger partial charge < -0.3 is 5.32 Å². The molecule has 1 heterocycles. The van der Waals surface area contributed by atoms with Gasteiger partial charge >= 0.3 is 0 Å². The molecule has 0 saturated heterocycles. The zero-order valence-electron chi connectivity index (χ0n) is 10.6. The van der Waals surface area contributed by atoms with Crippen molar-refractivity contribution in [3.63, 3.8) is 0 Å². The number of nitrogens with zero attached hydrogens (tertiary/aromatic N) is 2. The third-order valence-electron chi connectivity index (χ3n) is 2.89. The van der Waals surface area contributed by atoms with E-state index in [1.807, 2.05) is 50.4 Å². The van der Waals surface area contributed by atoms with Crippen molar-refractivity contribution in [1.29, 1.82) is 0 Å². The van der Waals surface area contributed by atoms with Gasteiger partial charge in [-0.1, -0.05) is 6.92 Å². The Kier molecular flexibility index (Phi) is 3.77. The Balaban J connectivity index is 2.10. The second kappa shape index (κ2) is 5.49. The number of aromatic nitrogens is 2. The fourth-order valence-electron chi connectivity index (χ4n) is 1.60. The summed E-state index contributed by atoms with van der Waals surface area (Å²) < 4.78 is 1.76.